The first-order chi connectivity index (χ1) is 14.6. The van der Waals surface area contributed by atoms with Gasteiger partial charge in [0.1, 0.15) is 11.4 Å². The van der Waals surface area contributed by atoms with Crippen molar-refractivity contribution in [3.8, 4) is 16.9 Å². The fraction of sp³-hybridized carbons (Fsp3) is 0.318. The molecular formula is C22H24N6O2. The zero-order valence-electron chi connectivity index (χ0n) is 16.8. The van der Waals surface area contributed by atoms with Crippen molar-refractivity contribution < 1.29 is 9.53 Å². The number of hydrogen-bond donors (Lipinski definition) is 3. The molecule has 0 unspecified atom stereocenters. The van der Waals surface area contributed by atoms with Gasteiger partial charge in [-0.05, 0) is 55.6 Å². The maximum Gasteiger partial charge on any atom is 0.267 e. The van der Waals surface area contributed by atoms with Gasteiger partial charge < -0.3 is 20.4 Å². The van der Waals surface area contributed by atoms with Crippen molar-refractivity contribution in [1.29, 1.82) is 0 Å². The second kappa shape index (κ2) is 7.46. The van der Waals surface area contributed by atoms with Gasteiger partial charge in [-0.3, -0.25) is 9.89 Å². The molecule has 0 radical (unpaired) electrons. The van der Waals surface area contributed by atoms with Crippen LogP contribution in [-0.2, 0) is 7.05 Å². The van der Waals surface area contributed by atoms with E-state index in [1.165, 1.54) is 0 Å². The molecule has 1 fully saturated rings. The van der Waals surface area contributed by atoms with Gasteiger partial charge in [-0.15, -0.1) is 0 Å². The lowest BCUT2D eigenvalue weighted by molar-refractivity contribution is 0.0996. The van der Waals surface area contributed by atoms with Crippen LogP contribution in [0.5, 0.6) is 5.75 Å². The summed E-state index contributed by atoms with van der Waals surface area (Å²) in [6.07, 6.45) is 6.02. The Labute approximate surface area is 173 Å². The fourth-order valence-electron chi connectivity index (χ4n) is 4.27. The van der Waals surface area contributed by atoms with Crippen molar-refractivity contribution in [2.75, 3.05) is 19.7 Å². The van der Waals surface area contributed by atoms with Crippen LogP contribution in [-0.4, -0.2) is 45.4 Å². The Morgan fingerprint density at radius 1 is 1.30 bits per heavy atom. The van der Waals surface area contributed by atoms with Crippen molar-refractivity contribution in [2.24, 2.45) is 18.7 Å². The average Bonchev–Trinajstić information content (AvgIpc) is 3.37. The molecule has 8 nitrogen and oxygen atoms in total. The van der Waals surface area contributed by atoms with E-state index in [1.54, 1.807) is 12.3 Å². The van der Waals surface area contributed by atoms with Crippen LogP contribution in [0.4, 0.5) is 0 Å². The van der Waals surface area contributed by atoms with E-state index in [0.717, 1.165) is 59.1 Å². The quantitative estimate of drug-likeness (QED) is 0.473. The number of aromatic amines is 1. The molecular weight excluding hydrogens is 380 g/mol. The zero-order valence-corrected chi connectivity index (χ0v) is 16.8. The number of aromatic nitrogens is 4. The first kappa shape index (κ1) is 18.6. The minimum Gasteiger partial charge on any atom is -0.493 e. The Hall–Kier alpha value is -3.39. The molecule has 4 heterocycles. The summed E-state index contributed by atoms with van der Waals surface area (Å²) in [4.78, 5) is 16.1. The van der Waals surface area contributed by atoms with E-state index in [0.29, 0.717) is 18.2 Å². The SMILES string of the molecule is Cn1cc(-c2cc(C(N)=O)nc3[nH]ncc23)c2c(OCC3CCNCC3)cccc21. The summed E-state index contributed by atoms with van der Waals surface area (Å²) in [5.74, 6) is 0.822. The van der Waals surface area contributed by atoms with Crippen LogP contribution in [0.25, 0.3) is 33.1 Å². The Bertz CT molecular complexity index is 1240. The highest BCUT2D eigenvalue weighted by atomic mass is 16.5. The third-order valence-corrected chi connectivity index (χ3v) is 5.87. The Morgan fingerprint density at radius 3 is 2.93 bits per heavy atom. The Kier molecular flexibility index (Phi) is 4.63. The first-order valence-electron chi connectivity index (χ1n) is 10.2. The largest absolute Gasteiger partial charge is 0.493 e. The molecule has 0 saturated carbocycles. The molecule has 4 aromatic rings. The molecule has 154 valence electrons. The number of pyridine rings is 1. The van der Waals surface area contributed by atoms with Crippen LogP contribution >= 0.6 is 0 Å². The van der Waals surface area contributed by atoms with E-state index in [2.05, 4.69) is 37.3 Å². The van der Waals surface area contributed by atoms with E-state index < -0.39 is 5.91 Å². The van der Waals surface area contributed by atoms with Crippen molar-refractivity contribution in [3.63, 3.8) is 0 Å². The lowest BCUT2D eigenvalue weighted by Gasteiger charge is -2.23. The summed E-state index contributed by atoms with van der Waals surface area (Å²) in [5.41, 5.74) is 9.14. The number of piperidine rings is 1. The number of nitrogens with two attached hydrogens (primary N) is 1. The lowest BCUT2D eigenvalue weighted by atomic mass is 9.99. The molecule has 0 bridgehead atoms. The highest BCUT2D eigenvalue weighted by Crippen LogP contribution is 2.39. The summed E-state index contributed by atoms with van der Waals surface area (Å²) >= 11 is 0. The summed E-state index contributed by atoms with van der Waals surface area (Å²) in [6.45, 7) is 2.78. The molecule has 5 rings (SSSR count). The number of H-pyrrole nitrogens is 1. The highest BCUT2D eigenvalue weighted by molar-refractivity contribution is 6.08. The van der Waals surface area contributed by atoms with Crippen molar-refractivity contribution in [1.82, 2.24) is 25.1 Å². The fourth-order valence-corrected chi connectivity index (χ4v) is 4.27. The van der Waals surface area contributed by atoms with E-state index in [4.69, 9.17) is 10.5 Å². The number of benzene rings is 1. The predicted molar refractivity (Wildman–Crippen MR) is 115 cm³/mol. The first-order valence-corrected chi connectivity index (χ1v) is 10.2. The second-order valence-electron chi connectivity index (χ2n) is 7.86. The molecule has 1 aliphatic rings. The van der Waals surface area contributed by atoms with Gasteiger partial charge in [-0.2, -0.15) is 5.10 Å². The number of nitrogens with zero attached hydrogens (tertiary/aromatic N) is 3. The molecule has 4 N–H and O–H groups in total. The normalized spacial score (nSPS) is 15.1. The van der Waals surface area contributed by atoms with Gasteiger partial charge >= 0.3 is 0 Å². The van der Waals surface area contributed by atoms with Crippen LogP contribution in [0, 0.1) is 5.92 Å². The molecule has 1 saturated heterocycles. The zero-order chi connectivity index (χ0) is 20.7. The molecule has 0 atom stereocenters. The van der Waals surface area contributed by atoms with Crippen molar-refractivity contribution in [3.05, 3.63) is 42.4 Å². The number of nitrogens with one attached hydrogen (secondary N) is 2. The number of fused-ring (bicyclic) bond motifs is 2. The van der Waals surface area contributed by atoms with Gasteiger partial charge in [-0.25, -0.2) is 4.98 Å². The smallest absolute Gasteiger partial charge is 0.267 e. The highest BCUT2D eigenvalue weighted by Gasteiger charge is 2.20. The molecule has 0 spiro atoms. The van der Waals surface area contributed by atoms with Crippen molar-refractivity contribution in [2.45, 2.75) is 12.8 Å². The minimum atomic E-state index is -0.574. The van der Waals surface area contributed by atoms with Crippen LogP contribution in [0.3, 0.4) is 0 Å². The van der Waals surface area contributed by atoms with E-state index in [1.807, 2.05) is 19.2 Å². The van der Waals surface area contributed by atoms with Gasteiger partial charge in [0.2, 0.25) is 0 Å². The van der Waals surface area contributed by atoms with E-state index in [9.17, 15) is 4.79 Å². The third kappa shape index (κ3) is 3.19. The Morgan fingerprint density at radius 2 is 2.13 bits per heavy atom. The van der Waals surface area contributed by atoms with Gasteiger partial charge in [0.05, 0.1) is 18.3 Å². The van der Waals surface area contributed by atoms with Crippen molar-refractivity contribution >= 4 is 27.8 Å². The standard InChI is InChI=1S/C22H24N6O2/c1-28-11-16(14-9-17(21(23)29)26-22-15(14)10-25-27-22)20-18(28)3-2-4-19(20)30-12-13-5-7-24-8-6-13/h2-4,9-11,13,24H,5-8,12H2,1H3,(H2,23,29)(H,25,26,27). The predicted octanol–water partition coefficient (Wildman–Crippen LogP) is 2.59. The van der Waals surface area contributed by atoms with Crippen LogP contribution in [0.2, 0.25) is 0 Å². The maximum absolute atomic E-state index is 11.9. The number of ether oxygens (including phenoxy) is 1. The molecule has 1 amide bonds. The summed E-state index contributed by atoms with van der Waals surface area (Å²) in [7, 11) is 2.01. The molecule has 0 aliphatic carbocycles. The van der Waals surface area contributed by atoms with Gasteiger partial charge in [-0.1, -0.05) is 6.07 Å². The maximum atomic E-state index is 11.9. The van der Waals surface area contributed by atoms with Crippen LogP contribution in [0.15, 0.2) is 36.7 Å². The molecule has 30 heavy (non-hydrogen) atoms. The topological polar surface area (TPSA) is 111 Å². The summed E-state index contributed by atoms with van der Waals surface area (Å²) in [5, 5.41) is 12.2. The minimum absolute atomic E-state index is 0.201. The number of carbonyl (C=O) groups is 1. The summed E-state index contributed by atoms with van der Waals surface area (Å²) in [6, 6.07) is 7.83. The van der Waals surface area contributed by atoms with Gasteiger partial charge in [0.25, 0.3) is 5.91 Å². The summed E-state index contributed by atoms with van der Waals surface area (Å²) < 4.78 is 8.40. The second-order valence-corrected chi connectivity index (χ2v) is 7.86. The third-order valence-electron chi connectivity index (χ3n) is 5.87. The number of aryl methyl sites for hydroxylation is 1. The van der Waals surface area contributed by atoms with Gasteiger partial charge in [0.15, 0.2) is 5.65 Å². The molecule has 1 aromatic carbocycles. The average molecular weight is 404 g/mol. The number of amides is 1. The van der Waals surface area contributed by atoms with E-state index in [-0.39, 0.29) is 5.69 Å². The van der Waals surface area contributed by atoms with E-state index >= 15 is 0 Å². The number of carbonyl (C=O) groups excluding carboxylic acids is 1. The number of hydrogen-bond acceptors (Lipinski definition) is 5. The van der Waals surface area contributed by atoms with Gasteiger partial charge in [0, 0.05) is 29.6 Å². The number of rotatable bonds is 5. The molecule has 8 heteroatoms. The molecule has 3 aromatic heterocycles. The lowest BCUT2D eigenvalue weighted by Crippen LogP contribution is -2.30. The van der Waals surface area contributed by atoms with Crippen LogP contribution < -0.4 is 15.8 Å². The number of primary amides is 1. The molecule has 1 aliphatic heterocycles. The Balaban J connectivity index is 1.64. The van der Waals surface area contributed by atoms with Crippen LogP contribution in [0.1, 0.15) is 23.3 Å². The monoisotopic (exact) mass is 404 g/mol.